The zero-order valence-corrected chi connectivity index (χ0v) is 13.7. The fourth-order valence-corrected chi connectivity index (χ4v) is 2.62. The molecule has 0 aliphatic carbocycles. The molecular formula is C18H39F. The molecule has 1 heteroatoms. The third-order valence-electron chi connectivity index (χ3n) is 3.96. The fourth-order valence-electron chi connectivity index (χ4n) is 2.62. The second-order valence-electron chi connectivity index (χ2n) is 5.95. The lowest BCUT2D eigenvalue weighted by Crippen LogP contribution is -1.83. The summed E-state index contributed by atoms with van der Waals surface area (Å²) in [5.41, 5.74) is 0. The van der Waals surface area contributed by atoms with Gasteiger partial charge in [0, 0.05) is 0 Å². The van der Waals surface area contributed by atoms with E-state index >= 15 is 0 Å². The quantitative estimate of drug-likeness (QED) is 0.272. The molecule has 0 saturated carbocycles. The summed E-state index contributed by atoms with van der Waals surface area (Å²) >= 11 is 0. The van der Waals surface area contributed by atoms with Gasteiger partial charge in [0.05, 0.1) is 0 Å². The Morgan fingerprint density at radius 1 is 0.316 bits per heavy atom. The molecular weight excluding hydrogens is 235 g/mol. The van der Waals surface area contributed by atoms with E-state index in [1.165, 1.54) is 103 Å². The van der Waals surface area contributed by atoms with Gasteiger partial charge in [0.25, 0.3) is 0 Å². The first kappa shape index (κ1) is 21.2. The van der Waals surface area contributed by atoms with E-state index in [1.807, 2.05) is 0 Å². The van der Waals surface area contributed by atoms with Crippen molar-refractivity contribution in [2.45, 2.75) is 117 Å². The minimum Gasteiger partial charge on any atom is -0.269 e. The molecule has 118 valence electrons. The highest BCUT2D eigenvalue weighted by Crippen LogP contribution is 2.13. The predicted octanol–water partition coefficient (Wildman–Crippen LogP) is 7.42. The van der Waals surface area contributed by atoms with E-state index in [-0.39, 0.29) is 4.70 Å². The average Bonchev–Trinajstić information content (AvgIpc) is 2.39. The molecule has 0 nitrogen and oxygen atoms in total. The van der Waals surface area contributed by atoms with Gasteiger partial charge in [-0.3, -0.25) is 4.70 Å². The van der Waals surface area contributed by atoms with Crippen LogP contribution in [0.2, 0.25) is 0 Å². The fraction of sp³-hybridized carbons (Fsp3) is 1.00. The number of hydrogen-bond donors (Lipinski definition) is 0. The molecule has 0 aromatic rings. The summed E-state index contributed by atoms with van der Waals surface area (Å²) in [7, 11) is 0. The van der Waals surface area contributed by atoms with Crippen LogP contribution in [0, 0.1) is 0 Å². The van der Waals surface area contributed by atoms with Gasteiger partial charge in [0.15, 0.2) is 0 Å². The third-order valence-corrected chi connectivity index (χ3v) is 3.96. The summed E-state index contributed by atoms with van der Waals surface area (Å²) in [5.74, 6) is 0. The lowest BCUT2D eigenvalue weighted by atomic mass is 10.0. The molecule has 0 aliphatic heterocycles. The van der Waals surface area contributed by atoms with Crippen molar-refractivity contribution in [2.24, 2.45) is 0 Å². The molecule has 0 N–H and O–H groups in total. The van der Waals surface area contributed by atoms with Gasteiger partial charge in [0.1, 0.15) is 0 Å². The Hall–Kier alpha value is -0.0700. The van der Waals surface area contributed by atoms with Crippen LogP contribution in [-0.4, -0.2) is 0 Å². The molecule has 0 spiro atoms. The summed E-state index contributed by atoms with van der Waals surface area (Å²) in [6.07, 6.45) is 23.4. The van der Waals surface area contributed by atoms with E-state index in [4.69, 9.17) is 0 Å². The van der Waals surface area contributed by atoms with Crippen molar-refractivity contribution in [3.05, 3.63) is 0 Å². The van der Waals surface area contributed by atoms with Gasteiger partial charge in [-0.1, -0.05) is 117 Å². The topological polar surface area (TPSA) is 0 Å². The molecule has 0 amide bonds. The van der Waals surface area contributed by atoms with Crippen molar-refractivity contribution < 1.29 is 4.70 Å². The lowest BCUT2D eigenvalue weighted by molar-refractivity contribution is 0.531. The number of rotatable bonds is 15. The maximum atomic E-state index is 2.29. The first-order chi connectivity index (χ1) is 8.91. The minimum atomic E-state index is 0. The lowest BCUT2D eigenvalue weighted by Gasteiger charge is -2.03. The van der Waals surface area contributed by atoms with E-state index in [9.17, 15) is 0 Å². The van der Waals surface area contributed by atoms with Crippen molar-refractivity contribution >= 4 is 0 Å². The van der Waals surface area contributed by atoms with Gasteiger partial charge in [-0.25, -0.2) is 0 Å². The minimum absolute atomic E-state index is 0. The Morgan fingerprint density at radius 3 is 0.632 bits per heavy atom. The zero-order valence-electron chi connectivity index (χ0n) is 13.7. The zero-order chi connectivity index (χ0) is 13.3. The molecule has 0 aromatic heterocycles. The van der Waals surface area contributed by atoms with Gasteiger partial charge in [0.2, 0.25) is 0 Å². The van der Waals surface area contributed by atoms with Crippen molar-refractivity contribution in [3.63, 3.8) is 0 Å². The third kappa shape index (κ3) is 20.4. The summed E-state index contributed by atoms with van der Waals surface area (Å²) in [6, 6.07) is 0. The molecule has 0 radical (unpaired) electrons. The molecule has 0 aliphatic rings. The molecule has 0 heterocycles. The molecule has 0 rings (SSSR count). The van der Waals surface area contributed by atoms with Crippen molar-refractivity contribution in [1.82, 2.24) is 0 Å². The summed E-state index contributed by atoms with van der Waals surface area (Å²) in [6.45, 7) is 4.59. The van der Waals surface area contributed by atoms with Crippen LogP contribution in [0.1, 0.15) is 117 Å². The van der Waals surface area contributed by atoms with Crippen molar-refractivity contribution in [1.29, 1.82) is 0 Å². The summed E-state index contributed by atoms with van der Waals surface area (Å²) in [5, 5.41) is 0. The Bertz CT molecular complexity index is 118. The first-order valence-electron chi connectivity index (χ1n) is 8.91. The molecule has 0 bridgehead atoms. The van der Waals surface area contributed by atoms with Crippen molar-refractivity contribution in [2.75, 3.05) is 0 Å². The van der Waals surface area contributed by atoms with Gasteiger partial charge in [-0.15, -0.1) is 0 Å². The highest BCUT2D eigenvalue weighted by molar-refractivity contribution is 4.49. The summed E-state index contributed by atoms with van der Waals surface area (Å²) < 4.78 is 0. The Labute approximate surface area is 122 Å². The molecule has 0 unspecified atom stereocenters. The smallest absolute Gasteiger partial charge is 0.0533 e. The normalized spacial score (nSPS) is 10.4. The Kier molecular flexibility index (Phi) is 22.6. The SMILES string of the molecule is CCCCCCCCCCCCCCCCCC.F. The first-order valence-corrected chi connectivity index (χ1v) is 8.91. The van der Waals surface area contributed by atoms with Crippen molar-refractivity contribution in [3.8, 4) is 0 Å². The molecule has 0 aromatic carbocycles. The van der Waals surface area contributed by atoms with Gasteiger partial charge >= 0.3 is 0 Å². The predicted molar refractivity (Wildman–Crippen MR) is 87.7 cm³/mol. The molecule has 0 saturated heterocycles. The van der Waals surface area contributed by atoms with Crippen LogP contribution in [0.25, 0.3) is 0 Å². The number of halogens is 1. The second-order valence-corrected chi connectivity index (χ2v) is 5.95. The monoisotopic (exact) mass is 274 g/mol. The molecule has 0 fully saturated rings. The van der Waals surface area contributed by atoms with E-state index in [2.05, 4.69) is 13.8 Å². The van der Waals surface area contributed by atoms with Crippen LogP contribution in [0.5, 0.6) is 0 Å². The maximum Gasteiger partial charge on any atom is -0.0533 e. The van der Waals surface area contributed by atoms with Crippen LogP contribution >= 0.6 is 0 Å². The second kappa shape index (κ2) is 20.3. The Morgan fingerprint density at radius 2 is 0.474 bits per heavy atom. The number of hydrogen-bond acceptors (Lipinski definition) is 0. The van der Waals surface area contributed by atoms with Crippen LogP contribution in [0.15, 0.2) is 0 Å². The molecule has 19 heavy (non-hydrogen) atoms. The Balaban J connectivity index is 0. The van der Waals surface area contributed by atoms with Crippen LogP contribution in [0.3, 0.4) is 0 Å². The largest absolute Gasteiger partial charge is 0.269 e. The highest BCUT2D eigenvalue weighted by atomic mass is 19.0. The average molecular weight is 275 g/mol. The van der Waals surface area contributed by atoms with E-state index in [0.717, 1.165) is 0 Å². The van der Waals surface area contributed by atoms with Gasteiger partial charge in [-0.05, 0) is 0 Å². The molecule has 0 atom stereocenters. The summed E-state index contributed by atoms with van der Waals surface area (Å²) in [4.78, 5) is 0. The maximum absolute atomic E-state index is 2.29. The standard InChI is InChI=1S/C18H38.FH/c1-3-5-7-9-11-13-15-17-18-16-14-12-10-8-6-4-2;/h3-18H2,1-2H3;1H. The van der Waals surface area contributed by atoms with E-state index < -0.39 is 0 Å². The van der Waals surface area contributed by atoms with Crippen LogP contribution in [0.4, 0.5) is 4.70 Å². The van der Waals surface area contributed by atoms with Crippen LogP contribution in [-0.2, 0) is 0 Å². The van der Waals surface area contributed by atoms with Gasteiger partial charge < -0.3 is 0 Å². The van der Waals surface area contributed by atoms with E-state index in [0.29, 0.717) is 0 Å². The van der Waals surface area contributed by atoms with E-state index in [1.54, 1.807) is 0 Å². The number of unbranched alkanes of at least 4 members (excludes halogenated alkanes) is 15. The highest BCUT2D eigenvalue weighted by Gasteiger charge is 1.93. The van der Waals surface area contributed by atoms with Crippen LogP contribution < -0.4 is 0 Å². The van der Waals surface area contributed by atoms with Gasteiger partial charge in [-0.2, -0.15) is 0 Å².